The van der Waals surface area contributed by atoms with Crippen LogP contribution in [0, 0.1) is 0 Å². The maximum Gasteiger partial charge on any atom is 0.0551 e. The van der Waals surface area contributed by atoms with E-state index in [9.17, 15) is 0 Å². The molecule has 0 radical (unpaired) electrons. The van der Waals surface area contributed by atoms with Crippen molar-refractivity contribution in [3.05, 3.63) is 18.0 Å². The lowest BCUT2D eigenvalue weighted by atomic mass is 10.1. The van der Waals surface area contributed by atoms with Crippen LogP contribution in [0.5, 0.6) is 0 Å². The van der Waals surface area contributed by atoms with Crippen LogP contribution >= 0.6 is 0 Å². The summed E-state index contributed by atoms with van der Waals surface area (Å²) in [5, 5.41) is 4.30. The first-order valence-electron chi connectivity index (χ1n) is 6.06. The Hall–Kier alpha value is -0.910. The molecule has 0 amide bonds. The summed E-state index contributed by atoms with van der Waals surface area (Å²) >= 11 is 0. The molecule has 0 aliphatic rings. The molecule has 0 aromatic carbocycles. The summed E-state index contributed by atoms with van der Waals surface area (Å²) in [6.07, 6.45) is 3.73. The fourth-order valence-electron chi connectivity index (χ4n) is 1.75. The Bertz CT molecular complexity index is 311. The quantitative estimate of drug-likeness (QED) is 0.685. The lowest BCUT2D eigenvalue weighted by Crippen LogP contribution is -2.22. The van der Waals surface area contributed by atoms with E-state index < -0.39 is 0 Å². The van der Waals surface area contributed by atoms with Gasteiger partial charge in [-0.3, -0.25) is 4.68 Å². The zero-order valence-corrected chi connectivity index (χ0v) is 11.1. The van der Waals surface area contributed by atoms with Gasteiger partial charge in [0.1, 0.15) is 0 Å². The van der Waals surface area contributed by atoms with Crippen molar-refractivity contribution in [3.8, 4) is 0 Å². The Labute approximate surface area is 104 Å². The van der Waals surface area contributed by atoms with Crippen LogP contribution in [0.25, 0.3) is 0 Å². The minimum absolute atomic E-state index is 0.0578. The molecule has 17 heavy (non-hydrogen) atoms. The van der Waals surface area contributed by atoms with Crippen LogP contribution in [0.1, 0.15) is 24.6 Å². The number of ether oxygens (including phenoxy) is 1. The molecule has 5 heteroatoms. The van der Waals surface area contributed by atoms with Gasteiger partial charge < -0.3 is 15.4 Å². The highest BCUT2D eigenvalue weighted by Gasteiger charge is 2.11. The minimum Gasteiger partial charge on any atom is -0.385 e. The van der Waals surface area contributed by atoms with Crippen LogP contribution in [0.3, 0.4) is 0 Å². The van der Waals surface area contributed by atoms with Gasteiger partial charge in [0.2, 0.25) is 0 Å². The van der Waals surface area contributed by atoms with Gasteiger partial charge in [-0.25, -0.2) is 0 Å². The van der Waals surface area contributed by atoms with E-state index in [0.29, 0.717) is 0 Å². The molecule has 0 aliphatic heterocycles. The molecule has 5 nitrogen and oxygen atoms in total. The third kappa shape index (κ3) is 4.85. The van der Waals surface area contributed by atoms with Gasteiger partial charge in [-0.15, -0.1) is 0 Å². The molecule has 0 aliphatic carbocycles. The fraction of sp³-hybridized carbons (Fsp3) is 0.750. The van der Waals surface area contributed by atoms with Crippen molar-refractivity contribution in [3.63, 3.8) is 0 Å². The van der Waals surface area contributed by atoms with Crippen molar-refractivity contribution in [2.24, 2.45) is 5.73 Å². The average molecular weight is 240 g/mol. The van der Waals surface area contributed by atoms with Gasteiger partial charge in [-0.1, -0.05) is 0 Å². The molecule has 1 aromatic heterocycles. The summed E-state index contributed by atoms with van der Waals surface area (Å²) in [5.41, 5.74) is 7.29. The zero-order valence-electron chi connectivity index (χ0n) is 11.1. The lowest BCUT2D eigenvalue weighted by molar-refractivity contribution is 0.188. The van der Waals surface area contributed by atoms with E-state index in [1.807, 2.05) is 16.9 Å². The summed E-state index contributed by atoms with van der Waals surface area (Å²) in [6.45, 7) is 2.61. The van der Waals surface area contributed by atoms with Crippen molar-refractivity contribution in [2.75, 3.05) is 34.4 Å². The Morgan fingerprint density at radius 2 is 2.29 bits per heavy atom. The van der Waals surface area contributed by atoms with Crippen LogP contribution in [-0.2, 0) is 11.3 Å². The Kier molecular flexibility index (Phi) is 6.18. The van der Waals surface area contributed by atoms with E-state index in [1.54, 1.807) is 7.11 Å². The molecular weight excluding hydrogens is 216 g/mol. The third-order valence-electron chi connectivity index (χ3n) is 2.73. The van der Waals surface area contributed by atoms with Crippen molar-refractivity contribution in [1.82, 2.24) is 14.7 Å². The zero-order chi connectivity index (χ0) is 12.7. The van der Waals surface area contributed by atoms with E-state index in [1.165, 1.54) is 0 Å². The number of hydrogen-bond acceptors (Lipinski definition) is 4. The van der Waals surface area contributed by atoms with Crippen LogP contribution < -0.4 is 5.73 Å². The lowest BCUT2D eigenvalue weighted by Gasteiger charge is -2.16. The number of rotatable bonds is 8. The van der Waals surface area contributed by atoms with Gasteiger partial charge >= 0.3 is 0 Å². The second-order valence-electron chi connectivity index (χ2n) is 4.52. The van der Waals surface area contributed by atoms with E-state index >= 15 is 0 Å². The summed E-state index contributed by atoms with van der Waals surface area (Å²) in [4.78, 5) is 2.14. The standard InChI is InChI=1S/C12H24N4O/c1-15(2)9-6-11(13)12-5-7-14-16(12)8-4-10-17-3/h5,7,11H,4,6,8-10,13H2,1-3H3. The Morgan fingerprint density at radius 1 is 1.53 bits per heavy atom. The number of methoxy groups -OCH3 is 1. The molecule has 1 unspecified atom stereocenters. The molecule has 0 bridgehead atoms. The van der Waals surface area contributed by atoms with Crippen LogP contribution in [0.2, 0.25) is 0 Å². The highest BCUT2D eigenvalue weighted by Crippen LogP contribution is 2.14. The monoisotopic (exact) mass is 240 g/mol. The first-order valence-corrected chi connectivity index (χ1v) is 6.06. The van der Waals surface area contributed by atoms with Crippen molar-refractivity contribution in [1.29, 1.82) is 0 Å². The normalized spacial score (nSPS) is 13.2. The summed E-state index contributed by atoms with van der Waals surface area (Å²) in [5.74, 6) is 0. The second-order valence-corrected chi connectivity index (χ2v) is 4.52. The molecule has 98 valence electrons. The molecule has 1 atom stereocenters. The van der Waals surface area contributed by atoms with Gasteiger partial charge in [0.05, 0.1) is 5.69 Å². The van der Waals surface area contributed by atoms with Crippen LogP contribution in [0.15, 0.2) is 12.3 Å². The van der Waals surface area contributed by atoms with Gasteiger partial charge in [-0.2, -0.15) is 5.10 Å². The number of hydrogen-bond donors (Lipinski definition) is 1. The van der Waals surface area contributed by atoms with Gasteiger partial charge in [-0.05, 0) is 39.5 Å². The maximum atomic E-state index is 6.17. The average Bonchev–Trinajstić information content (AvgIpc) is 2.74. The Balaban J connectivity index is 2.48. The molecule has 1 aromatic rings. The minimum atomic E-state index is 0.0578. The summed E-state index contributed by atoms with van der Waals surface area (Å²) in [7, 11) is 5.83. The number of aryl methyl sites for hydroxylation is 1. The molecule has 1 heterocycles. The SMILES string of the molecule is COCCCn1nccc1C(N)CCN(C)C. The molecular formula is C12H24N4O. The topological polar surface area (TPSA) is 56.3 Å². The Morgan fingerprint density at radius 3 is 2.94 bits per heavy atom. The number of nitrogens with zero attached hydrogens (tertiary/aromatic N) is 3. The van der Waals surface area contributed by atoms with Crippen LogP contribution in [-0.4, -0.2) is 49.0 Å². The molecule has 0 spiro atoms. The van der Waals surface area contributed by atoms with Gasteiger partial charge in [0.15, 0.2) is 0 Å². The van der Waals surface area contributed by atoms with E-state index in [2.05, 4.69) is 24.1 Å². The third-order valence-corrected chi connectivity index (χ3v) is 2.73. The molecule has 0 saturated heterocycles. The molecule has 1 rings (SSSR count). The summed E-state index contributed by atoms with van der Waals surface area (Å²) < 4.78 is 7.03. The van der Waals surface area contributed by atoms with E-state index in [0.717, 1.165) is 38.2 Å². The van der Waals surface area contributed by atoms with Crippen molar-refractivity contribution >= 4 is 0 Å². The second kappa shape index (κ2) is 7.42. The van der Waals surface area contributed by atoms with Crippen LogP contribution in [0.4, 0.5) is 0 Å². The van der Waals surface area contributed by atoms with Crippen molar-refractivity contribution in [2.45, 2.75) is 25.4 Å². The van der Waals surface area contributed by atoms with E-state index in [-0.39, 0.29) is 6.04 Å². The summed E-state index contributed by atoms with van der Waals surface area (Å²) in [6, 6.07) is 2.06. The highest BCUT2D eigenvalue weighted by atomic mass is 16.5. The molecule has 0 fully saturated rings. The van der Waals surface area contributed by atoms with Gasteiger partial charge in [0.25, 0.3) is 0 Å². The van der Waals surface area contributed by atoms with Gasteiger partial charge in [0, 0.05) is 32.5 Å². The molecule has 2 N–H and O–H groups in total. The van der Waals surface area contributed by atoms with E-state index in [4.69, 9.17) is 10.5 Å². The maximum absolute atomic E-state index is 6.17. The first kappa shape index (κ1) is 14.2. The van der Waals surface area contributed by atoms with Crippen molar-refractivity contribution < 1.29 is 4.74 Å². The fourth-order valence-corrected chi connectivity index (χ4v) is 1.75. The predicted octanol–water partition coefficient (Wildman–Crippen LogP) is 0.871. The highest BCUT2D eigenvalue weighted by molar-refractivity contribution is 5.06. The largest absolute Gasteiger partial charge is 0.385 e. The first-order chi connectivity index (χ1) is 8.15. The number of nitrogens with two attached hydrogens (primary N) is 1. The smallest absolute Gasteiger partial charge is 0.0551 e. The molecule has 0 saturated carbocycles. The number of aromatic nitrogens is 2. The predicted molar refractivity (Wildman–Crippen MR) is 68.8 cm³/mol.